The number of halogens is 1. The Kier molecular flexibility index (Phi) is 6.44. The molecule has 30 heavy (non-hydrogen) atoms. The summed E-state index contributed by atoms with van der Waals surface area (Å²) < 4.78 is 19.9. The molecular formula is C24H30FN3O2. The molecule has 160 valence electrons. The maximum atomic E-state index is 14.8. The number of hydrogen-bond donors (Lipinski definition) is 1. The summed E-state index contributed by atoms with van der Waals surface area (Å²) in [6.07, 6.45) is 2.54. The first-order valence-electron chi connectivity index (χ1n) is 10.3. The van der Waals surface area contributed by atoms with Gasteiger partial charge in [-0.3, -0.25) is 4.79 Å². The van der Waals surface area contributed by atoms with Gasteiger partial charge in [0.2, 0.25) is 5.91 Å². The molecule has 3 rings (SSSR count). The number of fused-ring (bicyclic) bond motifs is 1. The smallest absolute Gasteiger partial charge is 0.244 e. The van der Waals surface area contributed by atoms with E-state index in [4.69, 9.17) is 4.74 Å². The van der Waals surface area contributed by atoms with E-state index in [2.05, 4.69) is 43.1 Å². The molecule has 0 fully saturated rings. The summed E-state index contributed by atoms with van der Waals surface area (Å²) in [6, 6.07) is 10.7. The topological polar surface area (TPSA) is 53.9 Å². The molecule has 6 heteroatoms. The number of amides is 1. The summed E-state index contributed by atoms with van der Waals surface area (Å²) in [4.78, 5) is 14.4. The second kappa shape index (κ2) is 8.86. The molecule has 0 bridgehead atoms. The first kappa shape index (κ1) is 21.8. The number of nitrogens with zero attached hydrogens (tertiary/aromatic N) is 2. The molecule has 1 unspecified atom stereocenters. The van der Waals surface area contributed by atoms with Crippen molar-refractivity contribution in [1.29, 1.82) is 0 Å². The standard InChI is InChI=1S/C24H30FN3O2/c1-6-28-22-13-21(25)18(12-20(22)16(2)14-24(28,3)4)15-26-27-23(29)11-17-8-7-9-19(10-17)30-5/h7-10,12-13,15-16H,6,11,14H2,1-5H3,(H,27,29)/b26-15+. The predicted molar refractivity (Wildman–Crippen MR) is 119 cm³/mol. The molecule has 0 spiro atoms. The fraction of sp³-hybridized carbons (Fsp3) is 0.417. The fourth-order valence-electron chi connectivity index (χ4n) is 4.40. The SMILES string of the molecule is CCN1c2cc(F)c(/C=N/NC(=O)Cc3cccc(OC)c3)cc2C(C)CC1(C)C. The normalized spacial score (nSPS) is 17.7. The van der Waals surface area contributed by atoms with Gasteiger partial charge in [0.15, 0.2) is 0 Å². The van der Waals surface area contributed by atoms with Gasteiger partial charge in [-0.2, -0.15) is 5.10 Å². The van der Waals surface area contributed by atoms with E-state index in [1.807, 2.05) is 24.3 Å². The largest absolute Gasteiger partial charge is 0.497 e. The van der Waals surface area contributed by atoms with Crippen molar-refractivity contribution in [2.45, 2.75) is 52.0 Å². The first-order valence-corrected chi connectivity index (χ1v) is 10.3. The number of nitrogens with one attached hydrogen (secondary N) is 1. The lowest BCUT2D eigenvalue weighted by atomic mass is 9.79. The van der Waals surface area contributed by atoms with Crippen LogP contribution in [0.3, 0.4) is 0 Å². The van der Waals surface area contributed by atoms with Gasteiger partial charge in [0, 0.05) is 23.3 Å². The highest BCUT2D eigenvalue weighted by atomic mass is 19.1. The third-order valence-corrected chi connectivity index (χ3v) is 5.71. The summed E-state index contributed by atoms with van der Waals surface area (Å²) >= 11 is 0. The van der Waals surface area contributed by atoms with Crippen LogP contribution < -0.4 is 15.1 Å². The molecule has 1 N–H and O–H groups in total. The number of benzene rings is 2. The lowest BCUT2D eigenvalue weighted by Gasteiger charge is -2.47. The lowest BCUT2D eigenvalue weighted by Crippen LogP contribution is -2.48. The van der Waals surface area contributed by atoms with Crippen LogP contribution in [0.25, 0.3) is 0 Å². The van der Waals surface area contributed by atoms with E-state index >= 15 is 0 Å². The number of hydrazone groups is 1. The summed E-state index contributed by atoms with van der Waals surface area (Å²) in [6.45, 7) is 9.47. The minimum Gasteiger partial charge on any atom is -0.497 e. The summed E-state index contributed by atoms with van der Waals surface area (Å²) in [5, 5.41) is 3.97. The van der Waals surface area contributed by atoms with Crippen LogP contribution in [0, 0.1) is 5.82 Å². The highest BCUT2D eigenvalue weighted by molar-refractivity contribution is 5.85. The van der Waals surface area contributed by atoms with Crippen molar-refractivity contribution in [1.82, 2.24) is 5.43 Å². The Labute approximate surface area is 177 Å². The number of carbonyl (C=O) groups excluding carboxylic acids is 1. The van der Waals surface area contributed by atoms with Gasteiger partial charge in [0.1, 0.15) is 11.6 Å². The average Bonchev–Trinajstić information content (AvgIpc) is 2.68. The van der Waals surface area contributed by atoms with E-state index in [0.29, 0.717) is 17.2 Å². The molecule has 0 saturated carbocycles. The van der Waals surface area contributed by atoms with Crippen molar-refractivity contribution in [3.8, 4) is 5.75 Å². The van der Waals surface area contributed by atoms with E-state index in [9.17, 15) is 9.18 Å². The Morgan fingerprint density at radius 1 is 1.37 bits per heavy atom. The van der Waals surface area contributed by atoms with Crippen molar-refractivity contribution in [3.05, 3.63) is 58.9 Å². The zero-order chi connectivity index (χ0) is 21.9. The summed E-state index contributed by atoms with van der Waals surface area (Å²) in [7, 11) is 1.58. The second-order valence-corrected chi connectivity index (χ2v) is 8.42. The third-order valence-electron chi connectivity index (χ3n) is 5.71. The molecule has 1 heterocycles. The number of rotatable bonds is 6. The third kappa shape index (κ3) is 4.64. The van der Waals surface area contributed by atoms with E-state index < -0.39 is 0 Å². The maximum Gasteiger partial charge on any atom is 0.244 e. The van der Waals surface area contributed by atoms with Gasteiger partial charge in [0.25, 0.3) is 0 Å². The Morgan fingerprint density at radius 2 is 2.13 bits per heavy atom. The van der Waals surface area contributed by atoms with Crippen LogP contribution in [-0.2, 0) is 11.2 Å². The molecule has 1 aliphatic heterocycles. The zero-order valence-electron chi connectivity index (χ0n) is 18.3. The molecule has 1 atom stereocenters. The van der Waals surface area contributed by atoms with Crippen LogP contribution in [0.2, 0.25) is 0 Å². The van der Waals surface area contributed by atoms with Crippen LogP contribution in [0.5, 0.6) is 5.75 Å². The van der Waals surface area contributed by atoms with Crippen LogP contribution in [0.4, 0.5) is 10.1 Å². The van der Waals surface area contributed by atoms with Gasteiger partial charge in [-0.1, -0.05) is 19.1 Å². The van der Waals surface area contributed by atoms with Gasteiger partial charge in [-0.25, -0.2) is 9.82 Å². The predicted octanol–water partition coefficient (Wildman–Crippen LogP) is 4.64. The first-order chi connectivity index (χ1) is 14.2. The van der Waals surface area contributed by atoms with E-state index in [1.54, 1.807) is 19.2 Å². The van der Waals surface area contributed by atoms with Crippen LogP contribution in [-0.4, -0.2) is 31.3 Å². The molecule has 0 saturated heterocycles. The minimum atomic E-state index is -0.345. The number of ether oxygens (including phenoxy) is 1. The van der Waals surface area contributed by atoms with E-state index in [1.165, 1.54) is 6.21 Å². The maximum absolute atomic E-state index is 14.8. The number of hydrogen-bond acceptors (Lipinski definition) is 4. The number of carbonyl (C=O) groups is 1. The lowest BCUT2D eigenvalue weighted by molar-refractivity contribution is -0.120. The number of anilines is 1. The Bertz CT molecular complexity index is 955. The van der Waals surface area contributed by atoms with E-state index in [0.717, 1.165) is 29.8 Å². The highest BCUT2D eigenvalue weighted by Gasteiger charge is 2.36. The Morgan fingerprint density at radius 3 is 2.83 bits per heavy atom. The molecule has 0 aliphatic carbocycles. The van der Waals surface area contributed by atoms with Crippen LogP contribution in [0.15, 0.2) is 41.5 Å². The quantitative estimate of drug-likeness (QED) is 0.557. The average molecular weight is 412 g/mol. The molecule has 2 aromatic carbocycles. The highest BCUT2D eigenvalue weighted by Crippen LogP contribution is 2.43. The Hall–Kier alpha value is -2.89. The van der Waals surface area contributed by atoms with E-state index in [-0.39, 0.29) is 23.7 Å². The van der Waals surface area contributed by atoms with Gasteiger partial charge in [0.05, 0.1) is 19.7 Å². The molecule has 5 nitrogen and oxygen atoms in total. The molecular weight excluding hydrogens is 381 g/mol. The summed E-state index contributed by atoms with van der Waals surface area (Å²) in [5.74, 6) is 0.389. The Balaban J connectivity index is 1.73. The van der Waals surface area contributed by atoms with Gasteiger partial charge in [-0.05, 0) is 68.5 Å². The van der Waals surface area contributed by atoms with Crippen molar-refractivity contribution < 1.29 is 13.9 Å². The zero-order valence-corrected chi connectivity index (χ0v) is 18.3. The van der Waals surface area contributed by atoms with Gasteiger partial charge in [-0.15, -0.1) is 0 Å². The molecule has 1 aliphatic rings. The summed E-state index contributed by atoms with van der Waals surface area (Å²) in [5.41, 5.74) is 5.71. The number of methoxy groups -OCH3 is 1. The van der Waals surface area contributed by atoms with Crippen molar-refractivity contribution in [2.75, 3.05) is 18.6 Å². The second-order valence-electron chi connectivity index (χ2n) is 8.42. The van der Waals surface area contributed by atoms with Gasteiger partial charge >= 0.3 is 0 Å². The fourth-order valence-corrected chi connectivity index (χ4v) is 4.40. The molecule has 2 aromatic rings. The van der Waals surface area contributed by atoms with Crippen molar-refractivity contribution >= 4 is 17.8 Å². The molecule has 0 radical (unpaired) electrons. The van der Waals surface area contributed by atoms with Crippen LogP contribution in [0.1, 0.15) is 56.7 Å². The monoisotopic (exact) mass is 411 g/mol. The molecule has 0 aromatic heterocycles. The minimum absolute atomic E-state index is 0.0166. The van der Waals surface area contributed by atoms with Gasteiger partial charge < -0.3 is 9.64 Å². The van der Waals surface area contributed by atoms with Crippen LogP contribution >= 0.6 is 0 Å². The molecule has 1 amide bonds. The van der Waals surface area contributed by atoms with Crippen molar-refractivity contribution in [3.63, 3.8) is 0 Å². The van der Waals surface area contributed by atoms with Crippen molar-refractivity contribution in [2.24, 2.45) is 5.10 Å².